The van der Waals surface area contributed by atoms with Gasteiger partial charge in [0.2, 0.25) is 0 Å². The molecule has 0 fully saturated rings. The number of aryl methyl sites for hydroxylation is 1. The summed E-state index contributed by atoms with van der Waals surface area (Å²) in [6, 6.07) is 0. The van der Waals surface area contributed by atoms with Crippen LogP contribution in [-0.4, -0.2) is 20.6 Å². The molecule has 0 radical (unpaired) electrons. The Morgan fingerprint density at radius 1 is 1.77 bits per heavy atom. The van der Waals surface area contributed by atoms with Crippen molar-refractivity contribution in [2.24, 2.45) is 0 Å². The van der Waals surface area contributed by atoms with Gasteiger partial charge in [-0.1, -0.05) is 0 Å². The summed E-state index contributed by atoms with van der Waals surface area (Å²) in [4.78, 5) is 24.8. The second kappa shape index (κ2) is 3.26. The molecule has 0 spiro atoms. The fourth-order valence-corrected chi connectivity index (χ4v) is 0.870. The molecule has 0 bridgehead atoms. The number of anilines is 1. The van der Waals surface area contributed by atoms with Crippen LogP contribution in [0.15, 0.2) is 11.0 Å². The van der Waals surface area contributed by atoms with Crippen LogP contribution in [0.3, 0.4) is 0 Å². The molecule has 0 atom stereocenters. The van der Waals surface area contributed by atoms with Crippen molar-refractivity contribution in [2.75, 3.05) is 5.73 Å². The zero-order valence-electron chi connectivity index (χ0n) is 7.02. The van der Waals surface area contributed by atoms with Crippen molar-refractivity contribution < 1.29 is 9.90 Å². The molecule has 0 aliphatic carbocycles. The highest BCUT2D eigenvalue weighted by molar-refractivity contribution is 5.66. The van der Waals surface area contributed by atoms with Crippen molar-refractivity contribution in [3.63, 3.8) is 0 Å². The van der Waals surface area contributed by atoms with Crippen LogP contribution in [0.25, 0.3) is 0 Å². The summed E-state index contributed by atoms with van der Waals surface area (Å²) < 4.78 is 0.994. The smallest absolute Gasteiger partial charge is 0.350 e. The standard InChI is InChI=1S/C7H9N3O3/c1-4-2-10(3-5(11)12)7(13)9-6(4)8/h2H,3H2,1H3,(H,11,12)(H2,8,9,13). The maximum atomic E-state index is 11.0. The lowest BCUT2D eigenvalue weighted by molar-refractivity contribution is -0.137. The molecular formula is C7H9N3O3. The third-order valence-corrected chi connectivity index (χ3v) is 1.52. The van der Waals surface area contributed by atoms with Crippen LogP contribution >= 0.6 is 0 Å². The van der Waals surface area contributed by atoms with E-state index in [1.54, 1.807) is 6.92 Å². The van der Waals surface area contributed by atoms with Crippen LogP contribution in [0, 0.1) is 6.92 Å². The lowest BCUT2D eigenvalue weighted by Gasteiger charge is -2.03. The van der Waals surface area contributed by atoms with E-state index in [4.69, 9.17) is 10.8 Å². The van der Waals surface area contributed by atoms with Crippen LogP contribution in [0.4, 0.5) is 5.82 Å². The molecule has 1 rings (SSSR count). The molecule has 0 saturated heterocycles. The Bertz CT molecular complexity index is 396. The Morgan fingerprint density at radius 2 is 2.38 bits per heavy atom. The predicted octanol–water partition coefficient (Wildman–Crippen LogP) is -0.781. The first-order chi connectivity index (χ1) is 6.00. The third kappa shape index (κ3) is 2.05. The number of carbonyl (C=O) groups is 1. The number of aromatic nitrogens is 2. The van der Waals surface area contributed by atoms with Gasteiger partial charge in [0, 0.05) is 11.8 Å². The quantitative estimate of drug-likeness (QED) is 0.626. The van der Waals surface area contributed by atoms with Gasteiger partial charge in [-0.05, 0) is 6.92 Å². The first-order valence-electron chi connectivity index (χ1n) is 3.56. The van der Waals surface area contributed by atoms with Crippen LogP contribution in [0.5, 0.6) is 0 Å². The molecule has 0 aliphatic heterocycles. The zero-order chi connectivity index (χ0) is 10.0. The normalized spacial score (nSPS) is 9.92. The van der Waals surface area contributed by atoms with Gasteiger partial charge in [-0.2, -0.15) is 4.98 Å². The molecule has 6 nitrogen and oxygen atoms in total. The summed E-state index contributed by atoms with van der Waals surface area (Å²) in [5, 5.41) is 8.43. The van der Waals surface area contributed by atoms with E-state index in [1.807, 2.05) is 0 Å². The van der Waals surface area contributed by atoms with Crippen molar-refractivity contribution in [1.29, 1.82) is 0 Å². The third-order valence-electron chi connectivity index (χ3n) is 1.52. The Balaban J connectivity index is 3.16. The van der Waals surface area contributed by atoms with Crippen molar-refractivity contribution >= 4 is 11.8 Å². The summed E-state index contributed by atoms with van der Waals surface area (Å²) in [5.41, 5.74) is 5.28. The number of hydrogen-bond donors (Lipinski definition) is 2. The SMILES string of the molecule is Cc1cn(CC(=O)O)c(=O)nc1N. The molecule has 0 unspecified atom stereocenters. The van der Waals surface area contributed by atoms with Gasteiger partial charge in [-0.3, -0.25) is 9.36 Å². The van der Waals surface area contributed by atoms with Crippen molar-refractivity contribution in [1.82, 2.24) is 9.55 Å². The second-order valence-corrected chi connectivity index (χ2v) is 2.61. The van der Waals surface area contributed by atoms with Gasteiger partial charge in [0.15, 0.2) is 0 Å². The summed E-state index contributed by atoms with van der Waals surface area (Å²) in [7, 11) is 0. The Hall–Kier alpha value is -1.85. The molecular weight excluding hydrogens is 174 g/mol. The minimum absolute atomic E-state index is 0.131. The summed E-state index contributed by atoms with van der Waals surface area (Å²) in [6.07, 6.45) is 1.37. The largest absolute Gasteiger partial charge is 0.480 e. The number of carboxylic acid groups (broad SMARTS) is 1. The van der Waals surface area contributed by atoms with Gasteiger partial charge < -0.3 is 10.8 Å². The van der Waals surface area contributed by atoms with E-state index < -0.39 is 18.2 Å². The molecule has 3 N–H and O–H groups in total. The summed E-state index contributed by atoms with van der Waals surface area (Å²) >= 11 is 0. The lowest BCUT2D eigenvalue weighted by atomic mass is 10.3. The molecule has 0 aromatic carbocycles. The van der Waals surface area contributed by atoms with Crippen molar-refractivity contribution in [2.45, 2.75) is 13.5 Å². The highest BCUT2D eigenvalue weighted by atomic mass is 16.4. The first kappa shape index (κ1) is 9.24. The number of nitrogens with zero attached hydrogens (tertiary/aromatic N) is 2. The van der Waals surface area contributed by atoms with Crippen LogP contribution in [0.2, 0.25) is 0 Å². The maximum Gasteiger partial charge on any atom is 0.350 e. The predicted molar refractivity (Wildman–Crippen MR) is 45.3 cm³/mol. The number of nitrogens with two attached hydrogens (primary N) is 1. The van der Waals surface area contributed by atoms with Crippen LogP contribution < -0.4 is 11.4 Å². The van der Waals surface area contributed by atoms with E-state index in [0.717, 1.165) is 4.57 Å². The topological polar surface area (TPSA) is 98.2 Å². The fraction of sp³-hybridized carbons (Fsp3) is 0.286. The minimum atomic E-state index is -1.09. The van der Waals surface area contributed by atoms with Crippen molar-refractivity contribution in [3.8, 4) is 0 Å². The van der Waals surface area contributed by atoms with E-state index in [-0.39, 0.29) is 5.82 Å². The van der Waals surface area contributed by atoms with E-state index in [9.17, 15) is 9.59 Å². The molecule has 70 valence electrons. The van der Waals surface area contributed by atoms with Gasteiger partial charge >= 0.3 is 11.7 Å². The van der Waals surface area contributed by atoms with Crippen LogP contribution in [0.1, 0.15) is 5.56 Å². The first-order valence-corrected chi connectivity index (χ1v) is 3.56. The van der Waals surface area contributed by atoms with Crippen LogP contribution in [-0.2, 0) is 11.3 Å². The molecule has 1 heterocycles. The Labute approximate surface area is 73.6 Å². The van der Waals surface area contributed by atoms with E-state index in [2.05, 4.69) is 4.98 Å². The van der Waals surface area contributed by atoms with Gasteiger partial charge in [-0.25, -0.2) is 4.79 Å². The van der Waals surface area contributed by atoms with E-state index in [1.165, 1.54) is 6.20 Å². The van der Waals surface area contributed by atoms with Gasteiger partial charge in [0.05, 0.1) is 0 Å². The van der Waals surface area contributed by atoms with Gasteiger partial charge in [0.1, 0.15) is 12.4 Å². The highest BCUT2D eigenvalue weighted by Gasteiger charge is 2.04. The average molecular weight is 183 g/mol. The highest BCUT2D eigenvalue weighted by Crippen LogP contribution is 2.00. The van der Waals surface area contributed by atoms with Crippen molar-refractivity contribution in [3.05, 3.63) is 22.2 Å². The monoisotopic (exact) mass is 183 g/mol. The number of carboxylic acids is 1. The average Bonchev–Trinajstić information content (AvgIpc) is 1.99. The number of hydrogen-bond acceptors (Lipinski definition) is 4. The Morgan fingerprint density at radius 3 is 2.92 bits per heavy atom. The maximum absolute atomic E-state index is 11.0. The lowest BCUT2D eigenvalue weighted by Crippen LogP contribution is -2.27. The van der Waals surface area contributed by atoms with E-state index in [0.29, 0.717) is 5.56 Å². The Kier molecular flexibility index (Phi) is 2.32. The molecule has 6 heteroatoms. The fourth-order valence-electron chi connectivity index (χ4n) is 0.870. The van der Waals surface area contributed by atoms with E-state index >= 15 is 0 Å². The molecule has 1 aromatic rings. The molecule has 13 heavy (non-hydrogen) atoms. The summed E-state index contributed by atoms with van der Waals surface area (Å²) in [5.74, 6) is -0.959. The second-order valence-electron chi connectivity index (χ2n) is 2.61. The zero-order valence-corrected chi connectivity index (χ0v) is 7.02. The number of aliphatic carboxylic acids is 1. The molecule has 0 aliphatic rings. The molecule has 0 saturated carbocycles. The molecule has 0 amide bonds. The number of rotatable bonds is 2. The molecule has 1 aromatic heterocycles. The number of nitrogen functional groups attached to an aromatic ring is 1. The van der Waals surface area contributed by atoms with Gasteiger partial charge in [0.25, 0.3) is 0 Å². The minimum Gasteiger partial charge on any atom is -0.480 e. The summed E-state index contributed by atoms with van der Waals surface area (Å²) in [6.45, 7) is 1.26. The van der Waals surface area contributed by atoms with Gasteiger partial charge in [-0.15, -0.1) is 0 Å².